The average Bonchev–Trinajstić information content (AvgIpc) is 3.04. The quantitative estimate of drug-likeness (QED) is 0.612. The summed E-state index contributed by atoms with van der Waals surface area (Å²) in [4.78, 5) is 14.6. The molecule has 1 aliphatic heterocycles. The second-order valence-electron chi connectivity index (χ2n) is 7.58. The summed E-state index contributed by atoms with van der Waals surface area (Å²) >= 11 is 0. The molecular weight excluding hydrogens is 405 g/mol. The first-order valence-electron chi connectivity index (χ1n) is 9.80. The number of rotatable bonds is 5. The standard InChI is InChI=1S/C24H21F3N2O2/c1-15-10-19(18-6-2-16(12-28)3-7-18)11-20-14-29(23(30)22(15)20)13-17-4-8-21(9-5-17)31-24(25,26)27/h2-11H,12-14,28H2,1H3. The summed E-state index contributed by atoms with van der Waals surface area (Å²) in [6.07, 6.45) is -4.73. The maximum absolute atomic E-state index is 12.9. The van der Waals surface area contributed by atoms with Crippen molar-refractivity contribution in [3.8, 4) is 16.9 Å². The van der Waals surface area contributed by atoms with Gasteiger partial charge in [-0.15, -0.1) is 13.2 Å². The van der Waals surface area contributed by atoms with Crippen LogP contribution in [0.15, 0.2) is 60.7 Å². The van der Waals surface area contributed by atoms with E-state index < -0.39 is 6.36 Å². The molecule has 0 fully saturated rings. The van der Waals surface area contributed by atoms with Crippen molar-refractivity contribution in [3.05, 3.63) is 88.5 Å². The van der Waals surface area contributed by atoms with Gasteiger partial charge in [-0.2, -0.15) is 0 Å². The highest BCUT2D eigenvalue weighted by Gasteiger charge is 2.31. The minimum absolute atomic E-state index is 0.0758. The van der Waals surface area contributed by atoms with Crippen LogP contribution in [-0.4, -0.2) is 17.2 Å². The first-order chi connectivity index (χ1) is 14.7. The van der Waals surface area contributed by atoms with Crippen molar-refractivity contribution in [3.63, 3.8) is 0 Å². The SMILES string of the molecule is Cc1cc(-c2ccc(CN)cc2)cc2c1C(=O)N(Cc1ccc(OC(F)(F)F)cc1)C2. The van der Waals surface area contributed by atoms with Gasteiger partial charge in [0.25, 0.3) is 5.91 Å². The van der Waals surface area contributed by atoms with Crippen LogP contribution >= 0.6 is 0 Å². The highest BCUT2D eigenvalue weighted by Crippen LogP contribution is 2.32. The first-order valence-corrected chi connectivity index (χ1v) is 9.80. The number of amides is 1. The molecule has 0 bridgehead atoms. The maximum atomic E-state index is 12.9. The van der Waals surface area contributed by atoms with Gasteiger partial charge in [0.05, 0.1) is 0 Å². The number of alkyl halides is 3. The van der Waals surface area contributed by atoms with E-state index in [0.717, 1.165) is 33.4 Å². The van der Waals surface area contributed by atoms with Gasteiger partial charge in [-0.25, -0.2) is 0 Å². The Morgan fingerprint density at radius 3 is 2.23 bits per heavy atom. The number of ether oxygens (including phenoxy) is 1. The van der Waals surface area contributed by atoms with Crippen molar-refractivity contribution in [1.82, 2.24) is 4.90 Å². The largest absolute Gasteiger partial charge is 0.573 e. The molecule has 1 heterocycles. The molecule has 0 saturated carbocycles. The molecule has 0 unspecified atom stereocenters. The smallest absolute Gasteiger partial charge is 0.406 e. The number of carbonyl (C=O) groups is 1. The zero-order chi connectivity index (χ0) is 22.2. The van der Waals surface area contributed by atoms with E-state index in [1.165, 1.54) is 24.3 Å². The molecular formula is C24H21F3N2O2. The molecule has 0 spiro atoms. The number of aryl methyl sites for hydroxylation is 1. The van der Waals surface area contributed by atoms with Crippen LogP contribution in [0, 0.1) is 6.92 Å². The Hall–Kier alpha value is -3.32. The molecule has 1 amide bonds. The van der Waals surface area contributed by atoms with Crippen LogP contribution < -0.4 is 10.5 Å². The van der Waals surface area contributed by atoms with E-state index in [1.807, 2.05) is 43.3 Å². The summed E-state index contributed by atoms with van der Waals surface area (Å²) in [5, 5.41) is 0. The lowest BCUT2D eigenvalue weighted by Gasteiger charge is -2.16. The Morgan fingerprint density at radius 2 is 1.61 bits per heavy atom. The molecule has 3 aromatic rings. The van der Waals surface area contributed by atoms with Crippen molar-refractivity contribution in [2.75, 3.05) is 0 Å². The average molecular weight is 426 g/mol. The number of carbonyl (C=O) groups excluding carboxylic acids is 1. The fourth-order valence-corrected chi connectivity index (χ4v) is 3.87. The number of hydrogen-bond acceptors (Lipinski definition) is 3. The summed E-state index contributed by atoms with van der Waals surface area (Å²) in [5.41, 5.74) is 12.1. The van der Waals surface area contributed by atoms with Crippen molar-refractivity contribution in [1.29, 1.82) is 0 Å². The Balaban J connectivity index is 1.52. The second kappa shape index (κ2) is 8.07. The van der Waals surface area contributed by atoms with E-state index in [1.54, 1.807) is 4.90 Å². The molecule has 4 rings (SSSR count). The van der Waals surface area contributed by atoms with Crippen LogP contribution in [0.3, 0.4) is 0 Å². The molecule has 4 nitrogen and oxygen atoms in total. The molecule has 1 aliphatic rings. The molecule has 160 valence electrons. The zero-order valence-corrected chi connectivity index (χ0v) is 16.9. The van der Waals surface area contributed by atoms with Crippen LogP contribution in [0.1, 0.15) is 32.6 Å². The van der Waals surface area contributed by atoms with Crippen LogP contribution in [-0.2, 0) is 19.6 Å². The summed E-state index contributed by atoms with van der Waals surface area (Å²) in [6.45, 7) is 3.15. The van der Waals surface area contributed by atoms with Gasteiger partial charge in [0.15, 0.2) is 0 Å². The van der Waals surface area contributed by atoms with E-state index in [-0.39, 0.29) is 11.7 Å². The Morgan fingerprint density at radius 1 is 0.968 bits per heavy atom. The van der Waals surface area contributed by atoms with Crippen molar-refractivity contribution in [2.24, 2.45) is 5.73 Å². The lowest BCUT2D eigenvalue weighted by Crippen LogP contribution is -2.23. The van der Waals surface area contributed by atoms with Gasteiger partial charge in [0.2, 0.25) is 0 Å². The normalized spacial score (nSPS) is 13.5. The van der Waals surface area contributed by atoms with E-state index in [0.29, 0.717) is 25.2 Å². The highest BCUT2D eigenvalue weighted by atomic mass is 19.4. The van der Waals surface area contributed by atoms with Gasteiger partial charge in [0, 0.05) is 25.2 Å². The number of nitrogens with two attached hydrogens (primary N) is 1. The first kappa shape index (κ1) is 20.9. The van der Waals surface area contributed by atoms with Gasteiger partial charge in [-0.05, 0) is 58.5 Å². The molecule has 0 saturated heterocycles. The third-order valence-corrected chi connectivity index (χ3v) is 5.33. The minimum Gasteiger partial charge on any atom is -0.406 e. The Kier molecular flexibility index (Phi) is 5.45. The van der Waals surface area contributed by atoms with Gasteiger partial charge in [-0.3, -0.25) is 4.79 Å². The number of nitrogens with zero attached hydrogens (tertiary/aromatic N) is 1. The fraction of sp³-hybridized carbons (Fsp3) is 0.208. The van der Waals surface area contributed by atoms with E-state index in [9.17, 15) is 18.0 Å². The summed E-state index contributed by atoms with van der Waals surface area (Å²) in [6, 6.07) is 17.6. The molecule has 0 atom stereocenters. The van der Waals surface area contributed by atoms with Crippen molar-refractivity contribution >= 4 is 5.91 Å². The molecule has 0 aromatic heterocycles. The molecule has 0 radical (unpaired) electrons. The molecule has 3 aromatic carbocycles. The predicted octanol–water partition coefficient (Wildman–Crippen LogP) is 5.18. The highest BCUT2D eigenvalue weighted by molar-refractivity contribution is 6.00. The van der Waals surface area contributed by atoms with Crippen LogP contribution in [0.2, 0.25) is 0 Å². The lowest BCUT2D eigenvalue weighted by atomic mass is 9.96. The Labute approximate surface area is 178 Å². The van der Waals surface area contributed by atoms with Gasteiger partial charge < -0.3 is 15.4 Å². The summed E-state index contributed by atoms with van der Waals surface area (Å²) in [5.74, 6) is -0.360. The monoisotopic (exact) mass is 426 g/mol. The number of fused-ring (bicyclic) bond motifs is 1. The van der Waals surface area contributed by atoms with E-state index >= 15 is 0 Å². The number of hydrogen-bond donors (Lipinski definition) is 1. The van der Waals surface area contributed by atoms with Crippen LogP contribution in [0.5, 0.6) is 5.75 Å². The van der Waals surface area contributed by atoms with Crippen LogP contribution in [0.25, 0.3) is 11.1 Å². The van der Waals surface area contributed by atoms with E-state index in [4.69, 9.17) is 5.73 Å². The summed E-state index contributed by atoms with van der Waals surface area (Å²) < 4.78 is 40.9. The zero-order valence-electron chi connectivity index (χ0n) is 16.9. The predicted molar refractivity (Wildman–Crippen MR) is 111 cm³/mol. The van der Waals surface area contributed by atoms with Gasteiger partial charge in [-0.1, -0.05) is 42.5 Å². The van der Waals surface area contributed by atoms with Crippen molar-refractivity contribution < 1.29 is 22.7 Å². The van der Waals surface area contributed by atoms with Crippen LogP contribution in [0.4, 0.5) is 13.2 Å². The number of benzene rings is 3. The Bertz CT molecular complexity index is 1110. The third-order valence-electron chi connectivity index (χ3n) is 5.33. The van der Waals surface area contributed by atoms with Crippen molar-refractivity contribution in [2.45, 2.75) is 32.9 Å². The molecule has 0 aliphatic carbocycles. The molecule has 7 heteroatoms. The van der Waals surface area contributed by atoms with Gasteiger partial charge in [0.1, 0.15) is 5.75 Å². The molecule has 31 heavy (non-hydrogen) atoms. The van der Waals surface area contributed by atoms with Gasteiger partial charge >= 0.3 is 6.36 Å². The minimum atomic E-state index is -4.73. The maximum Gasteiger partial charge on any atom is 0.573 e. The molecule has 2 N–H and O–H groups in total. The second-order valence-corrected chi connectivity index (χ2v) is 7.58. The lowest BCUT2D eigenvalue weighted by molar-refractivity contribution is -0.274. The summed E-state index contributed by atoms with van der Waals surface area (Å²) in [7, 11) is 0. The third kappa shape index (κ3) is 4.56. The topological polar surface area (TPSA) is 55.6 Å². The van der Waals surface area contributed by atoms with E-state index in [2.05, 4.69) is 4.74 Å². The number of halogens is 3. The fourth-order valence-electron chi connectivity index (χ4n) is 3.87.